The summed E-state index contributed by atoms with van der Waals surface area (Å²) in [5.74, 6) is -0.715. The first kappa shape index (κ1) is 27.3. The van der Waals surface area contributed by atoms with E-state index in [4.69, 9.17) is 20.9 Å². The summed E-state index contributed by atoms with van der Waals surface area (Å²) in [6.45, 7) is 6.24. The van der Waals surface area contributed by atoms with Crippen molar-refractivity contribution in [2.45, 2.75) is 77.1 Å². The molecule has 2 N–H and O–H groups in total. The standard InChI is InChI=1S/C30H30ClFN2O5S/c1-15-5-4-6-20(31)23(15)24-19(26(39-34-24)16-7-8-16)14-38-18-9-10-30(37,29(2,3)13-18)28-33-25-21(32)11-17(27(35)36)12-22(25)40-28/h4-6,11-12,16,18,37H,7-10,13-14H2,1-3H3,(H,35,36)/t18-,30-/m0/s1. The molecule has 2 fully saturated rings. The van der Waals surface area contributed by atoms with Crippen molar-refractivity contribution in [3.05, 3.63) is 68.6 Å². The smallest absolute Gasteiger partial charge is 0.335 e. The first-order valence-corrected chi connectivity index (χ1v) is 14.6. The average Bonchev–Trinajstić information content (AvgIpc) is 3.50. The summed E-state index contributed by atoms with van der Waals surface area (Å²) in [5, 5.41) is 26.6. The molecule has 0 amide bonds. The highest BCUT2D eigenvalue weighted by Crippen LogP contribution is 2.53. The number of aromatic carboxylic acids is 1. The summed E-state index contributed by atoms with van der Waals surface area (Å²) in [6.07, 6.45) is 3.47. The van der Waals surface area contributed by atoms with Crippen LogP contribution in [0.3, 0.4) is 0 Å². The molecule has 0 aliphatic heterocycles. The molecule has 2 aliphatic carbocycles. The maximum absolute atomic E-state index is 14.7. The predicted octanol–water partition coefficient (Wildman–Crippen LogP) is 7.61. The molecule has 210 valence electrons. The number of benzene rings is 2. The van der Waals surface area contributed by atoms with Gasteiger partial charge >= 0.3 is 5.97 Å². The lowest BCUT2D eigenvalue weighted by atomic mass is 9.64. The molecule has 7 nitrogen and oxygen atoms in total. The van der Waals surface area contributed by atoms with Crippen LogP contribution in [0.15, 0.2) is 34.9 Å². The minimum absolute atomic E-state index is 0.0788. The van der Waals surface area contributed by atoms with Crippen LogP contribution in [0.5, 0.6) is 0 Å². The van der Waals surface area contributed by atoms with Gasteiger partial charge in [0.25, 0.3) is 0 Å². The molecule has 0 radical (unpaired) electrons. The van der Waals surface area contributed by atoms with Gasteiger partial charge < -0.3 is 19.5 Å². The Balaban J connectivity index is 1.24. The second-order valence-corrected chi connectivity index (χ2v) is 13.1. The van der Waals surface area contributed by atoms with E-state index in [1.54, 1.807) is 0 Å². The lowest BCUT2D eigenvalue weighted by molar-refractivity contribution is -0.146. The Kier molecular flexibility index (Phi) is 6.77. The lowest BCUT2D eigenvalue weighted by Gasteiger charge is -2.47. The van der Waals surface area contributed by atoms with E-state index in [0.29, 0.717) is 52.2 Å². The third-order valence-electron chi connectivity index (χ3n) is 8.42. The van der Waals surface area contributed by atoms with E-state index in [2.05, 4.69) is 10.1 Å². The number of thiazole rings is 1. The van der Waals surface area contributed by atoms with Crippen LogP contribution in [0, 0.1) is 18.2 Å². The summed E-state index contributed by atoms with van der Waals surface area (Å²) in [4.78, 5) is 15.8. The number of aromatic nitrogens is 2. The van der Waals surface area contributed by atoms with Crippen molar-refractivity contribution in [3.8, 4) is 11.3 Å². The second kappa shape index (κ2) is 9.91. The molecule has 2 aromatic carbocycles. The van der Waals surface area contributed by atoms with Crippen LogP contribution < -0.4 is 0 Å². The van der Waals surface area contributed by atoms with Crippen LogP contribution in [0.25, 0.3) is 21.5 Å². The monoisotopic (exact) mass is 584 g/mol. The maximum Gasteiger partial charge on any atom is 0.335 e. The molecule has 2 atom stereocenters. The Morgan fingerprint density at radius 3 is 2.73 bits per heavy atom. The fourth-order valence-corrected chi connectivity index (χ4v) is 7.46. The molecular weight excluding hydrogens is 555 g/mol. The van der Waals surface area contributed by atoms with Gasteiger partial charge in [0.2, 0.25) is 0 Å². The van der Waals surface area contributed by atoms with E-state index >= 15 is 0 Å². The lowest BCUT2D eigenvalue weighted by Crippen LogP contribution is -2.48. The van der Waals surface area contributed by atoms with E-state index < -0.39 is 22.8 Å². The van der Waals surface area contributed by atoms with Gasteiger partial charge in [0.05, 0.1) is 28.0 Å². The van der Waals surface area contributed by atoms with Crippen molar-refractivity contribution in [2.75, 3.05) is 0 Å². The third kappa shape index (κ3) is 4.62. The molecule has 2 aromatic heterocycles. The van der Waals surface area contributed by atoms with Gasteiger partial charge in [0, 0.05) is 22.5 Å². The number of carboxylic acid groups (broad SMARTS) is 1. The fraction of sp³-hybridized carbons (Fsp3) is 0.433. The molecule has 2 saturated carbocycles. The van der Waals surface area contributed by atoms with Gasteiger partial charge in [0.15, 0.2) is 5.82 Å². The van der Waals surface area contributed by atoms with Crippen LogP contribution in [0.1, 0.15) is 84.1 Å². The van der Waals surface area contributed by atoms with Gasteiger partial charge in [-0.05, 0) is 62.8 Å². The number of hydrogen-bond donors (Lipinski definition) is 2. The largest absolute Gasteiger partial charge is 0.478 e. The van der Waals surface area contributed by atoms with Crippen molar-refractivity contribution in [3.63, 3.8) is 0 Å². The predicted molar refractivity (Wildman–Crippen MR) is 150 cm³/mol. The van der Waals surface area contributed by atoms with Gasteiger partial charge in [-0.1, -0.05) is 42.7 Å². The van der Waals surface area contributed by atoms with E-state index in [-0.39, 0.29) is 17.2 Å². The van der Waals surface area contributed by atoms with Crippen LogP contribution in [-0.4, -0.2) is 32.4 Å². The van der Waals surface area contributed by atoms with E-state index in [1.807, 2.05) is 39.0 Å². The summed E-state index contributed by atoms with van der Waals surface area (Å²) in [6, 6.07) is 8.13. The van der Waals surface area contributed by atoms with Crippen molar-refractivity contribution in [2.24, 2.45) is 5.41 Å². The highest BCUT2D eigenvalue weighted by molar-refractivity contribution is 7.18. The topological polar surface area (TPSA) is 106 Å². The van der Waals surface area contributed by atoms with E-state index in [0.717, 1.165) is 52.7 Å². The van der Waals surface area contributed by atoms with Gasteiger partial charge in [0.1, 0.15) is 27.6 Å². The molecule has 10 heteroatoms. The Morgan fingerprint density at radius 1 is 1.27 bits per heavy atom. The Morgan fingerprint density at radius 2 is 2.05 bits per heavy atom. The van der Waals surface area contributed by atoms with Crippen molar-refractivity contribution < 1.29 is 28.7 Å². The van der Waals surface area contributed by atoms with Gasteiger partial charge in [-0.25, -0.2) is 14.2 Å². The number of nitrogens with zero attached hydrogens (tertiary/aromatic N) is 2. The number of fused-ring (bicyclic) bond motifs is 1. The Bertz CT molecular complexity index is 1610. The summed E-state index contributed by atoms with van der Waals surface area (Å²) in [5.41, 5.74) is 1.47. The first-order chi connectivity index (χ1) is 19.0. The number of carboxylic acids is 1. The second-order valence-electron chi connectivity index (χ2n) is 11.6. The quantitative estimate of drug-likeness (QED) is 0.230. The molecule has 2 aliphatic rings. The molecular formula is C30H30ClFN2O5S. The summed E-state index contributed by atoms with van der Waals surface area (Å²) in [7, 11) is 0. The molecule has 0 saturated heterocycles. The highest BCUT2D eigenvalue weighted by Gasteiger charge is 2.51. The van der Waals surface area contributed by atoms with Crippen molar-refractivity contribution in [1.82, 2.24) is 10.1 Å². The zero-order valence-corrected chi connectivity index (χ0v) is 24.0. The van der Waals surface area contributed by atoms with Crippen LogP contribution in [-0.2, 0) is 16.9 Å². The zero-order valence-electron chi connectivity index (χ0n) is 22.5. The molecule has 4 aromatic rings. The summed E-state index contributed by atoms with van der Waals surface area (Å²) < 4.78 is 27.4. The van der Waals surface area contributed by atoms with Crippen molar-refractivity contribution >= 4 is 39.1 Å². The number of carbonyl (C=O) groups is 1. The van der Waals surface area contributed by atoms with E-state index in [9.17, 15) is 19.4 Å². The SMILES string of the molecule is Cc1cccc(Cl)c1-c1noc(C2CC2)c1CO[C@H]1CC[C@](O)(c2nc3c(F)cc(C(=O)O)cc3s2)C(C)(C)C1. The van der Waals surface area contributed by atoms with Gasteiger partial charge in [-0.3, -0.25) is 0 Å². The van der Waals surface area contributed by atoms with Gasteiger partial charge in [-0.15, -0.1) is 11.3 Å². The Hall–Kier alpha value is -2.85. The minimum atomic E-state index is -1.32. The number of halogens is 2. The van der Waals surface area contributed by atoms with Crippen LogP contribution in [0.2, 0.25) is 5.02 Å². The number of aliphatic hydroxyl groups is 1. The van der Waals surface area contributed by atoms with Crippen molar-refractivity contribution in [1.29, 1.82) is 0 Å². The Labute approximate surface area is 239 Å². The zero-order chi connectivity index (χ0) is 28.4. The van der Waals surface area contributed by atoms with E-state index in [1.165, 1.54) is 6.07 Å². The van der Waals surface area contributed by atoms with Crippen LogP contribution >= 0.6 is 22.9 Å². The normalized spacial score (nSPS) is 22.6. The first-order valence-electron chi connectivity index (χ1n) is 13.4. The van der Waals surface area contributed by atoms with Crippen LogP contribution in [0.4, 0.5) is 4.39 Å². The molecule has 0 unspecified atom stereocenters. The summed E-state index contributed by atoms with van der Waals surface area (Å²) >= 11 is 7.71. The fourth-order valence-electron chi connectivity index (χ4n) is 5.83. The van der Waals surface area contributed by atoms with Gasteiger partial charge in [-0.2, -0.15) is 0 Å². The molecule has 6 rings (SSSR count). The minimum Gasteiger partial charge on any atom is -0.478 e. The third-order valence-corrected chi connectivity index (χ3v) is 9.89. The number of rotatable bonds is 7. The molecule has 0 bridgehead atoms. The molecule has 0 spiro atoms. The average molecular weight is 585 g/mol. The number of hydrogen-bond acceptors (Lipinski definition) is 7. The maximum atomic E-state index is 14.7. The molecule has 2 heterocycles. The number of aryl methyl sites for hydroxylation is 1. The highest BCUT2D eigenvalue weighted by atomic mass is 35.5. The molecule has 40 heavy (non-hydrogen) atoms. The number of ether oxygens (including phenoxy) is 1.